The molecule has 2 aromatic rings. The first kappa shape index (κ1) is 16.3. The molecule has 0 aromatic carbocycles. The summed E-state index contributed by atoms with van der Waals surface area (Å²) < 4.78 is 27.8. The van der Waals surface area contributed by atoms with Gasteiger partial charge in [-0.05, 0) is 46.5 Å². The van der Waals surface area contributed by atoms with E-state index in [1.54, 1.807) is 0 Å². The van der Waals surface area contributed by atoms with Crippen molar-refractivity contribution in [2.75, 3.05) is 27.2 Å². The van der Waals surface area contributed by atoms with E-state index in [4.69, 9.17) is 0 Å². The normalized spacial score (nSPS) is 12.4. The van der Waals surface area contributed by atoms with Gasteiger partial charge in [-0.2, -0.15) is 0 Å². The molecule has 0 bridgehead atoms. The molecule has 0 fully saturated rings. The molecule has 0 aliphatic heterocycles. The monoisotopic (exact) mass is 328 g/mol. The van der Waals surface area contributed by atoms with Crippen molar-refractivity contribution >= 4 is 31.6 Å². The molecule has 2 aromatic heterocycles. The van der Waals surface area contributed by atoms with Gasteiger partial charge >= 0.3 is 0 Å². The van der Waals surface area contributed by atoms with Gasteiger partial charge in [0.25, 0.3) is 0 Å². The SMILES string of the molecule is Cc1ncnc2sc(S(=O)(=O)NCCCN(C)C)c(C)c12. The summed E-state index contributed by atoms with van der Waals surface area (Å²) in [4.78, 5) is 11.0. The molecule has 0 saturated carbocycles. The maximum absolute atomic E-state index is 12.4. The number of aromatic nitrogens is 2. The average molecular weight is 328 g/mol. The predicted molar refractivity (Wildman–Crippen MR) is 85.2 cm³/mol. The number of thiophene rings is 1. The smallest absolute Gasteiger partial charge is 0.250 e. The standard InChI is InChI=1S/C13H20N4O2S2/c1-9-11-10(2)14-8-15-12(11)20-13(9)21(18,19)16-6-5-7-17(3)4/h8,16H,5-7H2,1-4H3. The minimum Gasteiger partial charge on any atom is -0.309 e. The minimum atomic E-state index is -3.49. The van der Waals surface area contributed by atoms with Crippen LogP contribution in [0.5, 0.6) is 0 Å². The number of sulfonamides is 1. The lowest BCUT2D eigenvalue weighted by molar-refractivity contribution is 0.400. The van der Waals surface area contributed by atoms with Crippen LogP contribution in [0.1, 0.15) is 17.7 Å². The molecule has 0 amide bonds. The molecule has 0 saturated heterocycles. The Morgan fingerprint density at radius 1 is 1.29 bits per heavy atom. The van der Waals surface area contributed by atoms with Gasteiger partial charge in [-0.15, -0.1) is 11.3 Å². The van der Waals surface area contributed by atoms with E-state index < -0.39 is 10.0 Å². The molecule has 21 heavy (non-hydrogen) atoms. The molecule has 6 nitrogen and oxygen atoms in total. The van der Waals surface area contributed by atoms with Gasteiger partial charge in [0.1, 0.15) is 15.4 Å². The van der Waals surface area contributed by atoms with Crippen LogP contribution in [-0.4, -0.2) is 50.5 Å². The molecule has 0 spiro atoms. The minimum absolute atomic E-state index is 0.339. The van der Waals surface area contributed by atoms with E-state index in [1.165, 1.54) is 17.7 Å². The number of hydrogen-bond donors (Lipinski definition) is 1. The lowest BCUT2D eigenvalue weighted by Gasteiger charge is -2.10. The van der Waals surface area contributed by atoms with E-state index in [0.717, 1.165) is 29.6 Å². The maximum atomic E-state index is 12.4. The Bertz CT molecular complexity index is 738. The summed E-state index contributed by atoms with van der Waals surface area (Å²) in [6, 6.07) is 0. The lowest BCUT2D eigenvalue weighted by Crippen LogP contribution is -2.27. The van der Waals surface area contributed by atoms with Crippen molar-refractivity contribution in [2.45, 2.75) is 24.5 Å². The third kappa shape index (κ3) is 3.57. The Morgan fingerprint density at radius 3 is 2.62 bits per heavy atom. The van der Waals surface area contributed by atoms with Crippen LogP contribution < -0.4 is 4.72 Å². The number of aryl methyl sites for hydroxylation is 2. The zero-order valence-corrected chi connectivity index (χ0v) is 14.3. The third-order valence-electron chi connectivity index (χ3n) is 3.19. The molecule has 2 rings (SSSR count). The van der Waals surface area contributed by atoms with Gasteiger partial charge in [-0.25, -0.2) is 23.1 Å². The van der Waals surface area contributed by atoms with Crippen LogP contribution in [0, 0.1) is 13.8 Å². The summed E-state index contributed by atoms with van der Waals surface area (Å²) in [6.45, 7) is 4.95. The first-order chi connectivity index (χ1) is 9.83. The third-order valence-corrected chi connectivity index (χ3v) is 6.47. The van der Waals surface area contributed by atoms with Gasteiger partial charge in [0.15, 0.2) is 0 Å². The van der Waals surface area contributed by atoms with Crippen LogP contribution in [0.2, 0.25) is 0 Å². The summed E-state index contributed by atoms with van der Waals surface area (Å²) >= 11 is 1.20. The van der Waals surface area contributed by atoms with Crippen LogP contribution in [0.25, 0.3) is 10.2 Å². The second-order valence-electron chi connectivity index (χ2n) is 5.21. The van der Waals surface area contributed by atoms with Crippen LogP contribution in [0.15, 0.2) is 10.5 Å². The second kappa shape index (κ2) is 6.35. The zero-order chi connectivity index (χ0) is 15.6. The molecule has 8 heteroatoms. The quantitative estimate of drug-likeness (QED) is 0.814. The number of nitrogens with zero attached hydrogens (tertiary/aromatic N) is 3. The average Bonchev–Trinajstić information content (AvgIpc) is 2.74. The van der Waals surface area contributed by atoms with E-state index in [1.807, 2.05) is 32.8 Å². The first-order valence-corrected chi connectivity index (χ1v) is 8.98. The highest BCUT2D eigenvalue weighted by Gasteiger charge is 2.22. The van der Waals surface area contributed by atoms with Crippen LogP contribution in [0.4, 0.5) is 0 Å². The highest BCUT2D eigenvalue weighted by molar-refractivity contribution is 7.91. The molecule has 0 aliphatic rings. The fraction of sp³-hybridized carbons (Fsp3) is 0.538. The zero-order valence-electron chi connectivity index (χ0n) is 12.7. The molecule has 1 N–H and O–H groups in total. The number of rotatable bonds is 6. The molecule has 0 radical (unpaired) electrons. The van der Waals surface area contributed by atoms with Crippen LogP contribution in [-0.2, 0) is 10.0 Å². The number of hydrogen-bond acceptors (Lipinski definition) is 6. The summed E-state index contributed by atoms with van der Waals surface area (Å²) in [5, 5.41) is 0.844. The van der Waals surface area contributed by atoms with Crippen molar-refractivity contribution < 1.29 is 8.42 Å². The van der Waals surface area contributed by atoms with Crippen LogP contribution in [0.3, 0.4) is 0 Å². The Kier molecular flexibility index (Phi) is 4.92. The van der Waals surface area contributed by atoms with Gasteiger partial charge in [-0.1, -0.05) is 0 Å². The molecule has 0 unspecified atom stereocenters. The molecular weight excluding hydrogens is 308 g/mol. The van der Waals surface area contributed by atoms with Crippen molar-refractivity contribution in [1.82, 2.24) is 19.6 Å². The summed E-state index contributed by atoms with van der Waals surface area (Å²) in [6.07, 6.45) is 2.24. The fourth-order valence-corrected chi connectivity index (χ4v) is 4.99. The summed E-state index contributed by atoms with van der Waals surface area (Å²) in [5.41, 5.74) is 1.54. The van der Waals surface area contributed by atoms with Gasteiger partial charge in [0, 0.05) is 17.6 Å². The van der Waals surface area contributed by atoms with Gasteiger partial charge in [0.2, 0.25) is 10.0 Å². The van der Waals surface area contributed by atoms with Crippen molar-refractivity contribution in [2.24, 2.45) is 0 Å². The largest absolute Gasteiger partial charge is 0.309 e. The van der Waals surface area contributed by atoms with Crippen molar-refractivity contribution in [3.63, 3.8) is 0 Å². The van der Waals surface area contributed by atoms with E-state index in [9.17, 15) is 8.42 Å². The van der Waals surface area contributed by atoms with Gasteiger partial charge in [0.05, 0.1) is 0 Å². The van der Waals surface area contributed by atoms with Gasteiger partial charge < -0.3 is 4.90 Å². The Hall–Kier alpha value is -1.09. The van der Waals surface area contributed by atoms with E-state index in [2.05, 4.69) is 14.7 Å². The van der Waals surface area contributed by atoms with Crippen molar-refractivity contribution in [1.29, 1.82) is 0 Å². The molecular formula is C13H20N4O2S2. The molecule has 2 heterocycles. The van der Waals surface area contributed by atoms with Gasteiger partial charge in [-0.3, -0.25) is 0 Å². The first-order valence-electron chi connectivity index (χ1n) is 6.68. The Morgan fingerprint density at radius 2 is 2.00 bits per heavy atom. The molecule has 116 valence electrons. The topological polar surface area (TPSA) is 75.2 Å². The van der Waals surface area contributed by atoms with Crippen molar-refractivity contribution in [3.05, 3.63) is 17.6 Å². The number of fused-ring (bicyclic) bond motifs is 1. The second-order valence-corrected chi connectivity index (χ2v) is 8.17. The van der Waals surface area contributed by atoms with Crippen LogP contribution >= 0.6 is 11.3 Å². The lowest BCUT2D eigenvalue weighted by atomic mass is 10.2. The van der Waals surface area contributed by atoms with E-state index in [-0.39, 0.29) is 0 Å². The van der Waals surface area contributed by atoms with E-state index in [0.29, 0.717) is 15.6 Å². The Labute approximate surface area is 129 Å². The molecule has 0 atom stereocenters. The predicted octanol–water partition coefficient (Wildman–Crippen LogP) is 1.54. The highest BCUT2D eigenvalue weighted by atomic mass is 32.2. The summed E-state index contributed by atoms with van der Waals surface area (Å²) in [5.74, 6) is 0. The Balaban J connectivity index is 2.24. The summed E-state index contributed by atoms with van der Waals surface area (Å²) in [7, 11) is 0.443. The van der Waals surface area contributed by atoms with E-state index >= 15 is 0 Å². The molecule has 0 aliphatic carbocycles. The fourth-order valence-electron chi connectivity index (χ4n) is 2.15. The number of nitrogens with one attached hydrogen (secondary N) is 1. The van der Waals surface area contributed by atoms with Crippen molar-refractivity contribution in [3.8, 4) is 0 Å². The maximum Gasteiger partial charge on any atom is 0.250 e. The highest BCUT2D eigenvalue weighted by Crippen LogP contribution is 2.33.